The summed E-state index contributed by atoms with van der Waals surface area (Å²) in [4.78, 5) is 9.44. The van der Waals surface area contributed by atoms with E-state index in [9.17, 15) is 4.39 Å². The number of nitrogens with zero attached hydrogens (tertiary/aromatic N) is 3. The molecule has 0 bridgehead atoms. The molecule has 1 fully saturated rings. The molecule has 28 heavy (non-hydrogen) atoms. The summed E-state index contributed by atoms with van der Waals surface area (Å²) >= 11 is 0. The van der Waals surface area contributed by atoms with E-state index in [1.165, 1.54) is 30.5 Å². The molecule has 0 spiro atoms. The average molecular weight is 384 g/mol. The molecule has 2 aliphatic rings. The number of benzene rings is 1. The molecule has 5 heteroatoms. The van der Waals surface area contributed by atoms with Gasteiger partial charge >= 0.3 is 0 Å². The fourth-order valence-corrected chi connectivity index (χ4v) is 4.41. The van der Waals surface area contributed by atoms with Crippen LogP contribution in [0.2, 0.25) is 0 Å². The van der Waals surface area contributed by atoms with E-state index in [2.05, 4.69) is 39.0 Å². The van der Waals surface area contributed by atoms with Gasteiger partial charge in [-0.05, 0) is 73.5 Å². The second kappa shape index (κ2) is 9.37. The fourth-order valence-electron chi connectivity index (χ4n) is 4.41. The Morgan fingerprint density at radius 3 is 2.75 bits per heavy atom. The summed E-state index contributed by atoms with van der Waals surface area (Å²) in [5.74, 6) is 2.64. The maximum atomic E-state index is 12.3. The maximum Gasteiger partial charge on any atom is 0.128 e. The highest BCUT2D eigenvalue weighted by molar-refractivity contribution is 5.38. The molecule has 0 amide bonds. The summed E-state index contributed by atoms with van der Waals surface area (Å²) in [6.45, 7) is 5.22. The number of alkyl halides is 1. The van der Waals surface area contributed by atoms with Crippen molar-refractivity contribution in [3.05, 3.63) is 53.7 Å². The largest absolute Gasteiger partial charge is 0.491 e. The van der Waals surface area contributed by atoms with Gasteiger partial charge in [-0.2, -0.15) is 0 Å². The SMILES string of the molecule is FCCOc1ccc2c(c1)CC(CCN1CCN(c3ccccn3)CC1)CC2. The van der Waals surface area contributed by atoms with Crippen LogP contribution in [0.15, 0.2) is 42.6 Å². The molecule has 2 aromatic rings. The van der Waals surface area contributed by atoms with Crippen LogP contribution in [0.5, 0.6) is 5.75 Å². The highest BCUT2D eigenvalue weighted by Gasteiger charge is 2.22. The number of pyridine rings is 1. The van der Waals surface area contributed by atoms with Gasteiger partial charge in [0.25, 0.3) is 0 Å². The first-order valence-electron chi connectivity index (χ1n) is 10.5. The van der Waals surface area contributed by atoms with Crippen LogP contribution in [0.4, 0.5) is 10.2 Å². The Morgan fingerprint density at radius 2 is 1.96 bits per heavy atom. The highest BCUT2D eigenvalue weighted by Crippen LogP contribution is 2.30. The van der Waals surface area contributed by atoms with E-state index in [1.807, 2.05) is 18.3 Å². The lowest BCUT2D eigenvalue weighted by Crippen LogP contribution is -2.47. The number of halogens is 1. The van der Waals surface area contributed by atoms with E-state index in [4.69, 9.17) is 4.74 Å². The number of aromatic nitrogens is 1. The molecular weight excluding hydrogens is 353 g/mol. The third-order valence-electron chi connectivity index (χ3n) is 6.05. The van der Waals surface area contributed by atoms with E-state index in [0.29, 0.717) is 0 Å². The molecule has 0 N–H and O–H groups in total. The molecule has 1 aromatic heterocycles. The van der Waals surface area contributed by atoms with Crippen molar-refractivity contribution in [1.82, 2.24) is 9.88 Å². The van der Waals surface area contributed by atoms with Crippen molar-refractivity contribution >= 4 is 5.82 Å². The molecule has 4 nitrogen and oxygen atoms in total. The van der Waals surface area contributed by atoms with Gasteiger partial charge in [0.05, 0.1) is 0 Å². The zero-order valence-corrected chi connectivity index (χ0v) is 16.5. The van der Waals surface area contributed by atoms with Crippen LogP contribution in [0, 0.1) is 5.92 Å². The standard InChI is InChI=1S/C23H30FN3O/c24-9-16-28-22-7-6-20-5-4-19(17-21(20)18-22)8-11-26-12-14-27(15-13-26)23-3-1-2-10-25-23/h1-3,6-7,10,18-19H,4-5,8-9,11-17H2. The predicted molar refractivity (Wildman–Crippen MR) is 111 cm³/mol. The second-order valence-corrected chi connectivity index (χ2v) is 7.88. The average Bonchev–Trinajstić information content (AvgIpc) is 2.77. The van der Waals surface area contributed by atoms with Crippen LogP contribution < -0.4 is 9.64 Å². The van der Waals surface area contributed by atoms with E-state index < -0.39 is 6.67 Å². The van der Waals surface area contributed by atoms with Crippen LogP contribution >= 0.6 is 0 Å². The summed E-state index contributed by atoms with van der Waals surface area (Å²) < 4.78 is 17.8. The van der Waals surface area contributed by atoms with Gasteiger partial charge in [-0.1, -0.05) is 12.1 Å². The Labute approximate surface area is 167 Å². The molecule has 1 aliphatic heterocycles. The Bertz CT molecular complexity index is 747. The lowest BCUT2D eigenvalue weighted by Gasteiger charge is -2.36. The molecule has 2 heterocycles. The van der Waals surface area contributed by atoms with E-state index >= 15 is 0 Å². The van der Waals surface area contributed by atoms with Crippen LogP contribution in [0.1, 0.15) is 24.0 Å². The van der Waals surface area contributed by atoms with Crippen molar-refractivity contribution in [2.75, 3.05) is 50.9 Å². The lowest BCUT2D eigenvalue weighted by atomic mass is 9.82. The smallest absolute Gasteiger partial charge is 0.128 e. The normalized spacial score (nSPS) is 20.0. The van der Waals surface area contributed by atoms with Crippen molar-refractivity contribution in [2.24, 2.45) is 5.92 Å². The zero-order valence-electron chi connectivity index (χ0n) is 16.5. The third kappa shape index (κ3) is 4.82. The van der Waals surface area contributed by atoms with Gasteiger partial charge in [0.1, 0.15) is 24.8 Å². The van der Waals surface area contributed by atoms with Gasteiger partial charge < -0.3 is 9.64 Å². The molecular formula is C23H30FN3O. The summed E-state index contributed by atoms with van der Waals surface area (Å²) in [6, 6.07) is 12.4. The van der Waals surface area contributed by atoms with Crippen LogP contribution in [0.25, 0.3) is 0 Å². The van der Waals surface area contributed by atoms with Crippen molar-refractivity contribution in [1.29, 1.82) is 0 Å². The number of rotatable bonds is 7. The van der Waals surface area contributed by atoms with Crippen molar-refractivity contribution in [2.45, 2.75) is 25.7 Å². The zero-order chi connectivity index (χ0) is 19.2. The minimum Gasteiger partial charge on any atom is -0.491 e. The van der Waals surface area contributed by atoms with Crippen LogP contribution in [-0.2, 0) is 12.8 Å². The Morgan fingerprint density at radius 1 is 1.07 bits per heavy atom. The minimum absolute atomic E-state index is 0.146. The molecule has 0 saturated carbocycles. The molecule has 1 aliphatic carbocycles. The minimum atomic E-state index is -0.437. The topological polar surface area (TPSA) is 28.6 Å². The first-order valence-corrected chi connectivity index (χ1v) is 10.5. The number of fused-ring (bicyclic) bond motifs is 1. The van der Waals surface area contributed by atoms with Gasteiger partial charge in [-0.15, -0.1) is 0 Å². The van der Waals surface area contributed by atoms with Gasteiger partial charge in [0, 0.05) is 32.4 Å². The van der Waals surface area contributed by atoms with Gasteiger partial charge in [0.2, 0.25) is 0 Å². The molecule has 150 valence electrons. The van der Waals surface area contributed by atoms with Crippen molar-refractivity contribution < 1.29 is 9.13 Å². The fraction of sp³-hybridized carbons (Fsp3) is 0.522. The first-order chi connectivity index (χ1) is 13.8. The monoisotopic (exact) mass is 383 g/mol. The highest BCUT2D eigenvalue weighted by atomic mass is 19.1. The molecule has 1 atom stereocenters. The summed E-state index contributed by atoms with van der Waals surface area (Å²) in [5.41, 5.74) is 2.83. The van der Waals surface area contributed by atoms with Crippen molar-refractivity contribution in [3.8, 4) is 5.75 Å². The molecule has 1 saturated heterocycles. The van der Waals surface area contributed by atoms with Gasteiger partial charge in [-0.25, -0.2) is 9.37 Å². The quantitative estimate of drug-likeness (QED) is 0.728. The Balaban J connectivity index is 1.24. The molecule has 4 rings (SSSR count). The third-order valence-corrected chi connectivity index (χ3v) is 6.05. The number of hydrogen-bond acceptors (Lipinski definition) is 4. The maximum absolute atomic E-state index is 12.3. The summed E-state index contributed by atoms with van der Waals surface area (Å²) in [7, 11) is 0. The van der Waals surface area contributed by atoms with Gasteiger partial charge in [0.15, 0.2) is 0 Å². The number of aryl methyl sites for hydroxylation is 1. The van der Waals surface area contributed by atoms with E-state index in [1.54, 1.807) is 0 Å². The first kappa shape index (κ1) is 19.2. The number of hydrogen-bond donors (Lipinski definition) is 0. The van der Waals surface area contributed by atoms with E-state index in [0.717, 1.165) is 56.5 Å². The summed E-state index contributed by atoms with van der Waals surface area (Å²) in [5, 5.41) is 0. The molecule has 0 radical (unpaired) electrons. The van der Waals surface area contributed by atoms with Crippen LogP contribution in [-0.4, -0.2) is 55.9 Å². The molecule has 1 unspecified atom stereocenters. The summed E-state index contributed by atoms with van der Waals surface area (Å²) in [6.07, 6.45) is 6.66. The van der Waals surface area contributed by atoms with Crippen molar-refractivity contribution in [3.63, 3.8) is 0 Å². The predicted octanol–water partition coefficient (Wildman–Crippen LogP) is 3.75. The molecule has 1 aromatic carbocycles. The van der Waals surface area contributed by atoms with Gasteiger partial charge in [-0.3, -0.25) is 4.90 Å². The Kier molecular flexibility index (Phi) is 6.42. The van der Waals surface area contributed by atoms with Crippen LogP contribution in [0.3, 0.4) is 0 Å². The number of anilines is 1. The number of ether oxygens (including phenoxy) is 1. The lowest BCUT2D eigenvalue weighted by molar-refractivity contribution is 0.232. The second-order valence-electron chi connectivity index (χ2n) is 7.88. The Hall–Kier alpha value is -2.14. The number of piperazine rings is 1. The van der Waals surface area contributed by atoms with E-state index in [-0.39, 0.29) is 6.61 Å².